The summed E-state index contributed by atoms with van der Waals surface area (Å²) in [6.45, 7) is 0.304. The maximum atomic E-state index is 12.2. The van der Waals surface area contributed by atoms with Crippen LogP contribution >= 0.6 is 23.2 Å². The Balaban J connectivity index is 1.66. The Morgan fingerprint density at radius 1 is 1.00 bits per heavy atom. The van der Waals surface area contributed by atoms with Crippen molar-refractivity contribution in [3.05, 3.63) is 87.4 Å². The maximum absolute atomic E-state index is 12.2. The molecule has 3 aromatic carbocycles. The lowest BCUT2D eigenvalue weighted by molar-refractivity contribution is 0.0955. The number of halogens is 2. The smallest absolute Gasteiger partial charge is 0.271 e. The molecule has 160 valence electrons. The van der Waals surface area contributed by atoms with Crippen LogP contribution in [0.1, 0.15) is 21.5 Å². The molecule has 0 spiro atoms. The van der Waals surface area contributed by atoms with Crippen molar-refractivity contribution in [2.45, 2.75) is 6.61 Å². The molecule has 3 aromatic rings. The van der Waals surface area contributed by atoms with E-state index in [0.29, 0.717) is 45.0 Å². The lowest BCUT2D eigenvalue weighted by Gasteiger charge is -2.13. The van der Waals surface area contributed by atoms with Crippen LogP contribution < -0.4 is 19.6 Å². The van der Waals surface area contributed by atoms with Gasteiger partial charge >= 0.3 is 0 Å². The van der Waals surface area contributed by atoms with Gasteiger partial charge in [-0.15, -0.1) is 0 Å². The van der Waals surface area contributed by atoms with Crippen molar-refractivity contribution < 1.29 is 19.0 Å². The van der Waals surface area contributed by atoms with Gasteiger partial charge in [-0.05, 0) is 59.7 Å². The highest BCUT2D eigenvalue weighted by molar-refractivity contribution is 6.32. The van der Waals surface area contributed by atoms with Gasteiger partial charge in [-0.2, -0.15) is 5.10 Å². The average molecular weight is 459 g/mol. The number of nitrogens with zero attached hydrogens (tertiary/aromatic N) is 1. The lowest BCUT2D eigenvalue weighted by atomic mass is 10.2. The summed E-state index contributed by atoms with van der Waals surface area (Å²) in [4.78, 5) is 12.2. The number of carbonyl (C=O) groups excluding carboxylic acids is 1. The molecule has 1 N–H and O–H groups in total. The number of hydrogen-bond donors (Lipinski definition) is 1. The van der Waals surface area contributed by atoms with Crippen LogP contribution in [0.5, 0.6) is 17.2 Å². The average Bonchev–Trinajstić information content (AvgIpc) is 2.79. The summed E-state index contributed by atoms with van der Waals surface area (Å²) in [5.74, 6) is 1.18. The Bertz CT molecular complexity index is 1070. The van der Waals surface area contributed by atoms with Gasteiger partial charge in [0, 0.05) is 10.6 Å². The van der Waals surface area contributed by atoms with Gasteiger partial charge in [0.05, 0.1) is 25.5 Å². The first-order valence-corrected chi connectivity index (χ1v) is 9.98. The zero-order valence-electron chi connectivity index (χ0n) is 16.9. The quantitative estimate of drug-likeness (QED) is 0.364. The van der Waals surface area contributed by atoms with Gasteiger partial charge in [0.15, 0.2) is 11.5 Å². The number of hydrogen-bond acceptors (Lipinski definition) is 5. The molecule has 0 fully saturated rings. The molecule has 0 unspecified atom stereocenters. The molecule has 1 amide bonds. The molecule has 0 saturated heterocycles. The van der Waals surface area contributed by atoms with Crippen molar-refractivity contribution in [2.24, 2.45) is 5.10 Å². The van der Waals surface area contributed by atoms with Crippen LogP contribution in [0.2, 0.25) is 10.0 Å². The Kier molecular flexibility index (Phi) is 7.76. The van der Waals surface area contributed by atoms with Crippen LogP contribution in [-0.4, -0.2) is 26.3 Å². The first kappa shape index (κ1) is 22.5. The Hall–Kier alpha value is -3.22. The van der Waals surface area contributed by atoms with Gasteiger partial charge in [0.2, 0.25) is 0 Å². The highest BCUT2D eigenvalue weighted by Gasteiger charge is 2.12. The minimum absolute atomic E-state index is 0.304. The number of methoxy groups -OCH3 is 2. The standard InChI is InChI=1S/C23H20Cl2N2O4/c1-29-19-9-5-17(6-10-19)23(28)27-26-13-16-11-20(25)22(21(12-16)30-2)31-14-15-3-7-18(24)8-4-15/h3-13H,14H2,1-2H3,(H,27,28)/b26-13+. The van der Waals surface area contributed by atoms with Crippen molar-refractivity contribution in [1.82, 2.24) is 5.43 Å². The fraction of sp³-hybridized carbons (Fsp3) is 0.130. The van der Waals surface area contributed by atoms with E-state index in [-0.39, 0.29) is 5.91 Å². The summed E-state index contributed by atoms with van der Waals surface area (Å²) in [7, 11) is 3.08. The Morgan fingerprint density at radius 2 is 1.71 bits per heavy atom. The summed E-state index contributed by atoms with van der Waals surface area (Å²) in [6, 6.07) is 17.4. The van der Waals surface area contributed by atoms with E-state index in [1.54, 1.807) is 55.6 Å². The van der Waals surface area contributed by atoms with Crippen LogP contribution in [0.15, 0.2) is 65.8 Å². The Labute approximate surface area is 190 Å². The van der Waals surface area contributed by atoms with Crippen LogP contribution in [0, 0.1) is 0 Å². The second kappa shape index (κ2) is 10.7. The molecule has 3 rings (SSSR count). The van der Waals surface area contributed by atoms with Crippen LogP contribution in [0.3, 0.4) is 0 Å². The summed E-state index contributed by atoms with van der Waals surface area (Å²) >= 11 is 12.3. The second-order valence-electron chi connectivity index (χ2n) is 6.38. The molecule has 0 heterocycles. The first-order chi connectivity index (χ1) is 15.0. The SMILES string of the molecule is COc1ccc(C(=O)N/N=C/c2cc(Cl)c(OCc3ccc(Cl)cc3)c(OC)c2)cc1. The van der Waals surface area contributed by atoms with E-state index in [1.807, 2.05) is 12.1 Å². The lowest BCUT2D eigenvalue weighted by Crippen LogP contribution is -2.17. The summed E-state index contributed by atoms with van der Waals surface area (Å²) in [5, 5.41) is 5.00. The Morgan fingerprint density at radius 3 is 2.35 bits per heavy atom. The van der Waals surface area contributed by atoms with Gasteiger partial charge in [-0.25, -0.2) is 5.43 Å². The molecule has 0 radical (unpaired) electrons. The van der Waals surface area contributed by atoms with Gasteiger partial charge < -0.3 is 14.2 Å². The molecule has 0 saturated carbocycles. The van der Waals surface area contributed by atoms with Gasteiger partial charge in [-0.3, -0.25) is 4.79 Å². The molecule has 6 nitrogen and oxygen atoms in total. The van der Waals surface area contributed by atoms with Gasteiger partial charge in [0.1, 0.15) is 12.4 Å². The molecule has 31 heavy (non-hydrogen) atoms. The monoisotopic (exact) mass is 458 g/mol. The minimum Gasteiger partial charge on any atom is -0.497 e. The zero-order chi connectivity index (χ0) is 22.2. The van der Waals surface area contributed by atoms with Crippen LogP contribution in [-0.2, 0) is 6.61 Å². The van der Waals surface area contributed by atoms with E-state index in [4.69, 9.17) is 37.4 Å². The van der Waals surface area contributed by atoms with Crippen LogP contribution in [0.4, 0.5) is 0 Å². The van der Waals surface area contributed by atoms with Crippen molar-refractivity contribution in [1.29, 1.82) is 0 Å². The van der Waals surface area contributed by atoms with Crippen molar-refractivity contribution in [3.63, 3.8) is 0 Å². The number of benzene rings is 3. The van der Waals surface area contributed by atoms with Crippen LogP contribution in [0.25, 0.3) is 0 Å². The maximum Gasteiger partial charge on any atom is 0.271 e. The molecule has 0 aliphatic heterocycles. The van der Waals surface area contributed by atoms with Crippen molar-refractivity contribution in [2.75, 3.05) is 14.2 Å². The number of rotatable bonds is 8. The predicted molar refractivity (Wildman–Crippen MR) is 122 cm³/mol. The minimum atomic E-state index is -0.347. The third kappa shape index (κ3) is 6.13. The molecular weight excluding hydrogens is 439 g/mol. The second-order valence-corrected chi connectivity index (χ2v) is 7.22. The van der Waals surface area contributed by atoms with E-state index in [2.05, 4.69) is 10.5 Å². The zero-order valence-corrected chi connectivity index (χ0v) is 18.4. The molecular formula is C23H20Cl2N2O4. The summed E-state index contributed by atoms with van der Waals surface area (Å²) < 4.78 is 16.3. The summed E-state index contributed by atoms with van der Waals surface area (Å²) in [6.07, 6.45) is 1.47. The topological polar surface area (TPSA) is 69.2 Å². The molecule has 0 aliphatic rings. The highest BCUT2D eigenvalue weighted by atomic mass is 35.5. The molecule has 0 aliphatic carbocycles. The largest absolute Gasteiger partial charge is 0.497 e. The number of amides is 1. The number of ether oxygens (including phenoxy) is 3. The van der Waals surface area contributed by atoms with E-state index in [1.165, 1.54) is 13.3 Å². The fourth-order valence-corrected chi connectivity index (χ4v) is 3.06. The van der Waals surface area contributed by atoms with E-state index in [9.17, 15) is 4.79 Å². The van der Waals surface area contributed by atoms with Gasteiger partial charge in [-0.1, -0.05) is 35.3 Å². The van der Waals surface area contributed by atoms with E-state index < -0.39 is 0 Å². The molecule has 0 aromatic heterocycles. The molecule has 8 heteroatoms. The van der Waals surface area contributed by atoms with Crippen molar-refractivity contribution >= 4 is 35.3 Å². The fourth-order valence-electron chi connectivity index (χ4n) is 2.66. The van der Waals surface area contributed by atoms with E-state index in [0.717, 1.165) is 5.56 Å². The van der Waals surface area contributed by atoms with Crippen molar-refractivity contribution in [3.8, 4) is 17.2 Å². The third-order valence-corrected chi connectivity index (χ3v) is 4.81. The third-order valence-electron chi connectivity index (χ3n) is 4.28. The predicted octanol–water partition coefficient (Wildman–Crippen LogP) is 5.35. The first-order valence-electron chi connectivity index (χ1n) is 9.22. The van der Waals surface area contributed by atoms with Gasteiger partial charge in [0.25, 0.3) is 5.91 Å². The normalized spacial score (nSPS) is 10.7. The molecule has 0 bridgehead atoms. The number of carbonyl (C=O) groups is 1. The number of hydrazone groups is 1. The molecule has 0 atom stereocenters. The summed E-state index contributed by atoms with van der Waals surface area (Å²) in [5.41, 5.74) is 4.50. The highest BCUT2D eigenvalue weighted by Crippen LogP contribution is 2.36. The number of nitrogens with one attached hydrogen (secondary N) is 1. The van der Waals surface area contributed by atoms with E-state index >= 15 is 0 Å².